The van der Waals surface area contributed by atoms with Crippen LogP contribution in [-0.4, -0.2) is 35.2 Å². The first-order chi connectivity index (χ1) is 10.1. The van der Waals surface area contributed by atoms with Gasteiger partial charge in [0, 0.05) is 26.4 Å². The summed E-state index contributed by atoms with van der Waals surface area (Å²) >= 11 is 0. The van der Waals surface area contributed by atoms with E-state index in [4.69, 9.17) is 5.11 Å². The molecular formula is C15H19N3O3. The van der Waals surface area contributed by atoms with Gasteiger partial charge in [0.15, 0.2) is 0 Å². The molecule has 0 unspecified atom stereocenters. The molecular weight excluding hydrogens is 270 g/mol. The van der Waals surface area contributed by atoms with Gasteiger partial charge in [0.2, 0.25) is 0 Å². The van der Waals surface area contributed by atoms with E-state index in [-0.39, 0.29) is 17.2 Å². The summed E-state index contributed by atoms with van der Waals surface area (Å²) in [6, 6.07) is 6.99. The molecule has 0 saturated heterocycles. The summed E-state index contributed by atoms with van der Waals surface area (Å²) in [4.78, 5) is 17.1. The number of hydrogen-bond acceptors (Lipinski definition) is 5. The lowest BCUT2D eigenvalue weighted by Crippen LogP contribution is -2.19. The number of nitro benzene ring substituents is 1. The van der Waals surface area contributed by atoms with Gasteiger partial charge in [-0.25, -0.2) is 0 Å². The molecule has 0 aliphatic heterocycles. The summed E-state index contributed by atoms with van der Waals surface area (Å²) in [5.41, 5.74) is 1.33. The molecule has 1 heterocycles. The van der Waals surface area contributed by atoms with Gasteiger partial charge in [0.25, 0.3) is 0 Å². The fourth-order valence-corrected chi connectivity index (χ4v) is 2.38. The van der Waals surface area contributed by atoms with Crippen LogP contribution in [0.15, 0.2) is 30.5 Å². The first-order valence-corrected chi connectivity index (χ1v) is 6.99. The van der Waals surface area contributed by atoms with Crippen molar-refractivity contribution in [2.45, 2.75) is 19.3 Å². The quantitative estimate of drug-likeness (QED) is 0.481. The van der Waals surface area contributed by atoms with Crippen molar-refractivity contribution in [1.29, 1.82) is 0 Å². The Labute approximate surface area is 123 Å². The van der Waals surface area contributed by atoms with Crippen LogP contribution in [0.25, 0.3) is 10.9 Å². The number of benzene rings is 1. The molecule has 0 aliphatic carbocycles. The average Bonchev–Trinajstić information content (AvgIpc) is 2.50. The summed E-state index contributed by atoms with van der Waals surface area (Å²) in [6.45, 7) is 0.901. The normalized spacial score (nSPS) is 10.8. The van der Waals surface area contributed by atoms with E-state index in [0.717, 1.165) is 19.3 Å². The molecule has 2 rings (SSSR count). The molecule has 0 radical (unpaired) electrons. The average molecular weight is 289 g/mol. The van der Waals surface area contributed by atoms with Crippen molar-refractivity contribution in [3.8, 4) is 0 Å². The fourth-order valence-electron chi connectivity index (χ4n) is 2.38. The lowest BCUT2D eigenvalue weighted by Gasteiger charge is -2.19. The molecule has 0 bridgehead atoms. The molecule has 0 saturated carbocycles. The van der Waals surface area contributed by atoms with E-state index in [1.807, 2.05) is 18.0 Å². The minimum atomic E-state index is -0.344. The van der Waals surface area contributed by atoms with E-state index < -0.39 is 0 Å². The van der Waals surface area contributed by atoms with Gasteiger partial charge in [0.1, 0.15) is 5.69 Å². The van der Waals surface area contributed by atoms with Crippen molar-refractivity contribution in [1.82, 2.24) is 4.98 Å². The predicted octanol–water partition coefficient (Wildman–Crippen LogP) is 2.74. The Kier molecular flexibility index (Phi) is 5.05. The second-order valence-corrected chi connectivity index (χ2v) is 4.97. The number of pyridine rings is 1. The van der Waals surface area contributed by atoms with E-state index in [0.29, 0.717) is 23.1 Å². The highest BCUT2D eigenvalue weighted by Crippen LogP contribution is 2.34. The molecule has 21 heavy (non-hydrogen) atoms. The zero-order chi connectivity index (χ0) is 15.2. The molecule has 0 atom stereocenters. The minimum absolute atomic E-state index is 0.102. The number of aliphatic hydroxyl groups excluding tert-OH is 1. The monoisotopic (exact) mass is 289 g/mol. The van der Waals surface area contributed by atoms with Crippen molar-refractivity contribution in [3.05, 3.63) is 40.6 Å². The van der Waals surface area contributed by atoms with Crippen molar-refractivity contribution in [2.24, 2.45) is 0 Å². The number of fused-ring (bicyclic) bond motifs is 1. The molecule has 0 fully saturated rings. The van der Waals surface area contributed by atoms with Crippen LogP contribution in [0, 0.1) is 10.1 Å². The van der Waals surface area contributed by atoms with E-state index in [1.165, 1.54) is 0 Å². The third kappa shape index (κ3) is 3.46. The number of aromatic nitrogens is 1. The van der Waals surface area contributed by atoms with Gasteiger partial charge in [-0.15, -0.1) is 0 Å². The molecule has 1 aromatic carbocycles. The topological polar surface area (TPSA) is 79.5 Å². The summed E-state index contributed by atoms with van der Waals surface area (Å²) in [5, 5.41) is 20.8. The Hall–Kier alpha value is -2.21. The minimum Gasteiger partial charge on any atom is -0.396 e. The lowest BCUT2D eigenvalue weighted by atomic mass is 10.1. The fraction of sp³-hybridized carbons (Fsp3) is 0.400. The Morgan fingerprint density at radius 1 is 1.29 bits per heavy atom. The third-order valence-electron chi connectivity index (χ3n) is 3.48. The number of aliphatic hydroxyl groups is 1. The van der Waals surface area contributed by atoms with Gasteiger partial charge in [-0.2, -0.15) is 0 Å². The second-order valence-electron chi connectivity index (χ2n) is 4.97. The Morgan fingerprint density at radius 2 is 2.10 bits per heavy atom. The lowest BCUT2D eigenvalue weighted by molar-refractivity contribution is -0.382. The first kappa shape index (κ1) is 15.2. The molecule has 2 aromatic rings. The SMILES string of the molecule is CN(CCCCCO)c1ccc2ncccc2c1[N+](=O)[O-]. The predicted molar refractivity (Wildman–Crippen MR) is 82.6 cm³/mol. The molecule has 6 nitrogen and oxygen atoms in total. The maximum atomic E-state index is 11.4. The van der Waals surface area contributed by atoms with Gasteiger partial charge in [-0.3, -0.25) is 15.1 Å². The highest BCUT2D eigenvalue weighted by atomic mass is 16.6. The summed E-state index contributed by atoms with van der Waals surface area (Å²) in [7, 11) is 1.85. The number of rotatable bonds is 7. The van der Waals surface area contributed by atoms with E-state index in [9.17, 15) is 10.1 Å². The molecule has 0 spiro atoms. The largest absolute Gasteiger partial charge is 0.396 e. The zero-order valence-corrected chi connectivity index (χ0v) is 12.0. The molecule has 0 amide bonds. The number of nitro groups is 1. The molecule has 112 valence electrons. The number of nitrogens with zero attached hydrogens (tertiary/aromatic N) is 3. The van der Waals surface area contributed by atoms with Gasteiger partial charge >= 0.3 is 5.69 Å². The van der Waals surface area contributed by atoms with Crippen molar-refractivity contribution < 1.29 is 10.0 Å². The third-order valence-corrected chi connectivity index (χ3v) is 3.48. The first-order valence-electron chi connectivity index (χ1n) is 6.99. The number of anilines is 1. The van der Waals surface area contributed by atoms with E-state index in [2.05, 4.69) is 4.98 Å². The van der Waals surface area contributed by atoms with Gasteiger partial charge in [-0.05, 0) is 43.5 Å². The molecule has 0 aliphatic rings. The number of unbranched alkanes of at least 4 members (excludes halogenated alkanes) is 2. The summed E-state index contributed by atoms with van der Waals surface area (Å²) < 4.78 is 0. The number of hydrogen-bond donors (Lipinski definition) is 1. The Morgan fingerprint density at radius 3 is 2.81 bits per heavy atom. The van der Waals surface area contributed by atoms with Crippen LogP contribution in [0.4, 0.5) is 11.4 Å². The maximum absolute atomic E-state index is 11.4. The van der Waals surface area contributed by atoms with Gasteiger partial charge in [0.05, 0.1) is 15.8 Å². The summed E-state index contributed by atoms with van der Waals surface area (Å²) in [6.07, 6.45) is 4.19. The van der Waals surface area contributed by atoms with Crippen LogP contribution in [0.1, 0.15) is 19.3 Å². The second kappa shape index (κ2) is 6.99. The highest BCUT2D eigenvalue weighted by molar-refractivity contribution is 5.94. The standard InChI is InChI=1S/C15H19N3O3/c1-17(10-3-2-4-11-19)14-8-7-13-12(6-5-9-16-13)15(14)18(20)21/h5-9,19H,2-4,10-11H2,1H3. The maximum Gasteiger partial charge on any atom is 0.301 e. The van der Waals surface area contributed by atoms with Crippen LogP contribution in [0.5, 0.6) is 0 Å². The van der Waals surface area contributed by atoms with E-state index in [1.54, 1.807) is 24.4 Å². The van der Waals surface area contributed by atoms with Crippen LogP contribution in [0.2, 0.25) is 0 Å². The highest BCUT2D eigenvalue weighted by Gasteiger charge is 2.21. The molecule has 1 aromatic heterocycles. The molecule has 6 heteroatoms. The van der Waals surface area contributed by atoms with Crippen molar-refractivity contribution >= 4 is 22.3 Å². The molecule has 1 N–H and O–H groups in total. The van der Waals surface area contributed by atoms with Crippen LogP contribution in [-0.2, 0) is 0 Å². The van der Waals surface area contributed by atoms with Crippen molar-refractivity contribution in [2.75, 3.05) is 25.1 Å². The van der Waals surface area contributed by atoms with Crippen LogP contribution < -0.4 is 4.90 Å². The van der Waals surface area contributed by atoms with Crippen molar-refractivity contribution in [3.63, 3.8) is 0 Å². The van der Waals surface area contributed by atoms with Crippen LogP contribution >= 0.6 is 0 Å². The van der Waals surface area contributed by atoms with Gasteiger partial charge < -0.3 is 10.0 Å². The van der Waals surface area contributed by atoms with Crippen LogP contribution in [0.3, 0.4) is 0 Å². The Bertz CT molecular complexity index is 631. The zero-order valence-electron chi connectivity index (χ0n) is 12.0. The smallest absolute Gasteiger partial charge is 0.301 e. The Balaban J connectivity index is 2.30. The van der Waals surface area contributed by atoms with Gasteiger partial charge in [-0.1, -0.05) is 0 Å². The summed E-state index contributed by atoms with van der Waals surface area (Å²) in [5.74, 6) is 0. The van der Waals surface area contributed by atoms with E-state index >= 15 is 0 Å².